The summed E-state index contributed by atoms with van der Waals surface area (Å²) in [5.41, 5.74) is 2.62. The summed E-state index contributed by atoms with van der Waals surface area (Å²) < 4.78 is 1.71. The van der Waals surface area contributed by atoms with Crippen LogP contribution in [0.25, 0.3) is 0 Å². The summed E-state index contributed by atoms with van der Waals surface area (Å²) in [5.74, 6) is -0.593. The van der Waals surface area contributed by atoms with Crippen molar-refractivity contribution in [2.45, 2.75) is 26.8 Å². The van der Waals surface area contributed by atoms with E-state index in [9.17, 15) is 14.4 Å². The van der Waals surface area contributed by atoms with E-state index in [1.807, 2.05) is 26.0 Å². The highest BCUT2D eigenvalue weighted by atomic mass is 16.2. The van der Waals surface area contributed by atoms with Gasteiger partial charge in [-0.1, -0.05) is 26.0 Å². The molecule has 0 aliphatic carbocycles. The molecule has 0 spiro atoms. The van der Waals surface area contributed by atoms with Gasteiger partial charge in [-0.05, 0) is 48.2 Å². The number of imide groups is 1. The third-order valence-corrected chi connectivity index (χ3v) is 5.19. The van der Waals surface area contributed by atoms with Gasteiger partial charge in [0.2, 0.25) is 0 Å². The molecule has 2 aromatic carbocycles. The van der Waals surface area contributed by atoms with E-state index in [1.165, 1.54) is 17.3 Å². The van der Waals surface area contributed by atoms with Gasteiger partial charge >= 0.3 is 0 Å². The third kappa shape index (κ3) is 4.37. The molecule has 0 saturated heterocycles. The summed E-state index contributed by atoms with van der Waals surface area (Å²) in [6.45, 7) is 5.05. The van der Waals surface area contributed by atoms with Gasteiger partial charge in [-0.15, -0.1) is 0 Å². The van der Waals surface area contributed by atoms with Crippen molar-refractivity contribution >= 4 is 23.4 Å². The Balaban J connectivity index is 1.44. The number of hydrogen-bond acceptors (Lipinski definition) is 5. The van der Waals surface area contributed by atoms with Gasteiger partial charge in [0.25, 0.3) is 17.7 Å². The Kier molecular flexibility index (Phi) is 5.62. The Labute approximate surface area is 179 Å². The van der Waals surface area contributed by atoms with Gasteiger partial charge < -0.3 is 5.32 Å². The number of anilines is 1. The lowest BCUT2D eigenvalue weighted by atomic mass is 10.1. The Morgan fingerprint density at radius 2 is 1.77 bits per heavy atom. The Morgan fingerprint density at radius 1 is 1.03 bits per heavy atom. The largest absolute Gasteiger partial charge is 0.322 e. The molecule has 0 unspecified atom stereocenters. The van der Waals surface area contributed by atoms with Crippen molar-refractivity contribution in [1.82, 2.24) is 19.7 Å². The Hall–Kier alpha value is -3.81. The highest BCUT2D eigenvalue weighted by Crippen LogP contribution is 2.25. The van der Waals surface area contributed by atoms with E-state index in [0.29, 0.717) is 35.8 Å². The average molecular weight is 417 g/mol. The van der Waals surface area contributed by atoms with Crippen LogP contribution in [0.15, 0.2) is 55.1 Å². The highest BCUT2D eigenvalue weighted by Gasteiger charge is 2.35. The molecular formula is C23H23N5O3. The number of benzene rings is 2. The fourth-order valence-corrected chi connectivity index (χ4v) is 3.42. The second-order valence-electron chi connectivity index (χ2n) is 7.95. The van der Waals surface area contributed by atoms with Crippen LogP contribution >= 0.6 is 0 Å². The van der Waals surface area contributed by atoms with E-state index < -0.39 is 0 Å². The normalized spacial score (nSPS) is 13.1. The van der Waals surface area contributed by atoms with E-state index in [1.54, 1.807) is 35.3 Å². The minimum absolute atomic E-state index is 0.282. The molecule has 1 aliphatic heterocycles. The van der Waals surface area contributed by atoms with Crippen LogP contribution in [0, 0.1) is 5.92 Å². The molecule has 158 valence electrons. The topological polar surface area (TPSA) is 97.2 Å². The van der Waals surface area contributed by atoms with E-state index in [0.717, 1.165) is 12.0 Å². The maximum atomic E-state index is 12.7. The first kappa shape index (κ1) is 20.5. The zero-order valence-electron chi connectivity index (χ0n) is 17.4. The van der Waals surface area contributed by atoms with Crippen molar-refractivity contribution in [2.24, 2.45) is 5.92 Å². The number of carbonyl (C=O) groups is 3. The van der Waals surface area contributed by atoms with Crippen molar-refractivity contribution < 1.29 is 14.4 Å². The fourth-order valence-electron chi connectivity index (χ4n) is 3.42. The van der Waals surface area contributed by atoms with Gasteiger partial charge in [-0.2, -0.15) is 5.10 Å². The summed E-state index contributed by atoms with van der Waals surface area (Å²) >= 11 is 0. The van der Waals surface area contributed by atoms with Gasteiger partial charge in [-0.3, -0.25) is 19.3 Å². The SMILES string of the molecule is CC(C)CCN1C(=O)c2ccc(C(=O)Nc3ccc(Cn4cncn4)cc3)cc2C1=O. The zero-order valence-corrected chi connectivity index (χ0v) is 17.4. The molecular weight excluding hydrogens is 394 g/mol. The first-order valence-corrected chi connectivity index (χ1v) is 10.2. The number of nitrogens with zero attached hydrogens (tertiary/aromatic N) is 4. The van der Waals surface area contributed by atoms with Gasteiger partial charge in [0.1, 0.15) is 12.7 Å². The minimum atomic E-state index is -0.340. The molecule has 2 heterocycles. The van der Waals surface area contributed by atoms with Gasteiger partial charge in [0.15, 0.2) is 0 Å². The van der Waals surface area contributed by atoms with Gasteiger partial charge in [-0.25, -0.2) is 9.67 Å². The highest BCUT2D eigenvalue weighted by molar-refractivity contribution is 6.22. The molecule has 1 N–H and O–H groups in total. The Morgan fingerprint density at radius 3 is 2.45 bits per heavy atom. The molecule has 4 rings (SSSR count). The lowest BCUT2D eigenvalue weighted by molar-refractivity contribution is 0.0647. The van der Waals surface area contributed by atoms with Crippen LogP contribution in [0.4, 0.5) is 5.69 Å². The number of amides is 3. The van der Waals surface area contributed by atoms with E-state index in [4.69, 9.17) is 0 Å². The van der Waals surface area contributed by atoms with Crippen LogP contribution in [0.1, 0.15) is 56.9 Å². The number of rotatable bonds is 7. The summed E-state index contributed by atoms with van der Waals surface area (Å²) in [7, 11) is 0. The van der Waals surface area contributed by atoms with Crippen molar-refractivity contribution in [2.75, 3.05) is 11.9 Å². The standard InChI is InChI=1S/C23H23N5O3/c1-15(2)9-10-28-22(30)19-8-5-17(11-20(19)23(28)31)21(29)26-18-6-3-16(4-7-18)12-27-14-24-13-25-27/h3-8,11,13-15H,9-10,12H2,1-2H3,(H,26,29). The van der Waals surface area contributed by atoms with Crippen LogP contribution in [0.5, 0.6) is 0 Å². The fraction of sp³-hybridized carbons (Fsp3) is 0.261. The zero-order chi connectivity index (χ0) is 22.0. The van der Waals surface area contributed by atoms with E-state index >= 15 is 0 Å². The summed E-state index contributed by atoms with van der Waals surface area (Å²) in [5, 5.41) is 6.90. The maximum absolute atomic E-state index is 12.7. The number of nitrogens with one attached hydrogen (secondary N) is 1. The predicted molar refractivity (Wildman–Crippen MR) is 115 cm³/mol. The van der Waals surface area contributed by atoms with Crippen LogP contribution in [0.2, 0.25) is 0 Å². The molecule has 1 aliphatic rings. The average Bonchev–Trinajstić information content (AvgIpc) is 3.34. The van der Waals surface area contributed by atoms with Crippen LogP contribution < -0.4 is 5.32 Å². The predicted octanol–water partition coefficient (Wildman–Crippen LogP) is 3.22. The number of fused-ring (bicyclic) bond motifs is 1. The molecule has 0 radical (unpaired) electrons. The van der Waals surface area contributed by atoms with Crippen molar-refractivity contribution in [1.29, 1.82) is 0 Å². The second-order valence-corrected chi connectivity index (χ2v) is 7.95. The van der Waals surface area contributed by atoms with Gasteiger partial charge in [0.05, 0.1) is 17.7 Å². The van der Waals surface area contributed by atoms with E-state index in [-0.39, 0.29) is 23.3 Å². The van der Waals surface area contributed by atoms with Crippen LogP contribution in [-0.2, 0) is 6.54 Å². The van der Waals surface area contributed by atoms with Crippen molar-refractivity contribution in [3.8, 4) is 0 Å². The Bertz CT molecular complexity index is 1120. The minimum Gasteiger partial charge on any atom is -0.322 e. The van der Waals surface area contributed by atoms with Crippen molar-refractivity contribution in [3.05, 3.63) is 77.4 Å². The smallest absolute Gasteiger partial charge is 0.261 e. The molecule has 0 saturated carbocycles. The second kappa shape index (κ2) is 8.51. The quantitative estimate of drug-likeness (QED) is 0.596. The molecule has 0 atom stereocenters. The molecule has 8 heteroatoms. The lowest BCUT2D eigenvalue weighted by Crippen LogP contribution is -2.31. The number of hydrogen-bond donors (Lipinski definition) is 1. The molecule has 8 nitrogen and oxygen atoms in total. The summed E-state index contributed by atoms with van der Waals surface area (Å²) in [6, 6.07) is 12.0. The molecule has 0 bridgehead atoms. The summed E-state index contributed by atoms with van der Waals surface area (Å²) in [6.07, 6.45) is 3.86. The van der Waals surface area contributed by atoms with Crippen LogP contribution in [0.3, 0.4) is 0 Å². The van der Waals surface area contributed by atoms with Crippen LogP contribution in [-0.4, -0.2) is 43.9 Å². The maximum Gasteiger partial charge on any atom is 0.261 e. The molecule has 1 aromatic heterocycles. The van der Waals surface area contributed by atoms with Crippen molar-refractivity contribution in [3.63, 3.8) is 0 Å². The monoisotopic (exact) mass is 417 g/mol. The molecule has 3 aromatic rings. The number of aromatic nitrogens is 3. The number of carbonyl (C=O) groups excluding carboxylic acids is 3. The van der Waals surface area contributed by atoms with E-state index in [2.05, 4.69) is 15.4 Å². The summed E-state index contributed by atoms with van der Waals surface area (Å²) in [4.78, 5) is 43.1. The first-order valence-electron chi connectivity index (χ1n) is 10.2. The van der Waals surface area contributed by atoms with Gasteiger partial charge in [0, 0.05) is 17.8 Å². The molecule has 0 fully saturated rings. The molecule has 31 heavy (non-hydrogen) atoms. The molecule has 3 amide bonds. The third-order valence-electron chi connectivity index (χ3n) is 5.19. The first-order chi connectivity index (χ1) is 14.9. The lowest BCUT2D eigenvalue weighted by Gasteiger charge is -2.14.